The largest absolute Gasteiger partial charge is 0.497 e. The fourth-order valence-corrected chi connectivity index (χ4v) is 4.36. The van der Waals surface area contributed by atoms with E-state index in [4.69, 9.17) is 27.9 Å². The molecule has 1 unspecified atom stereocenters. The summed E-state index contributed by atoms with van der Waals surface area (Å²) in [5.74, 6) is 1.43. The number of carbonyl (C=O) groups is 2. The molecule has 32 heavy (non-hydrogen) atoms. The Bertz CT molecular complexity index is 893. The van der Waals surface area contributed by atoms with Gasteiger partial charge in [-0.25, -0.2) is 0 Å². The Hall–Kier alpha value is -1.89. The van der Waals surface area contributed by atoms with Gasteiger partial charge in [-0.3, -0.25) is 9.59 Å². The molecule has 2 aromatic rings. The Kier molecular flexibility index (Phi) is 11.2. The van der Waals surface area contributed by atoms with Crippen molar-refractivity contribution in [3.8, 4) is 5.75 Å². The average molecular weight is 497 g/mol. The van der Waals surface area contributed by atoms with Gasteiger partial charge in [0.05, 0.1) is 22.9 Å². The van der Waals surface area contributed by atoms with Crippen molar-refractivity contribution in [2.75, 3.05) is 19.4 Å². The van der Waals surface area contributed by atoms with Gasteiger partial charge in [0.1, 0.15) is 11.8 Å². The Morgan fingerprint density at radius 1 is 1.06 bits per heavy atom. The third-order valence-corrected chi connectivity index (χ3v) is 6.65. The van der Waals surface area contributed by atoms with Crippen molar-refractivity contribution in [2.24, 2.45) is 0 Å². The molecule has 0 saturated carbocycles. The Morgan fingerprint density at radius 2 is 1.75 bits per heavy atom. The van der Waals surface area contributed by atoms with E-state index in [-0.39, 0.29) is 17.6 Å². The van der Waals surface area contributed by atoms with Gasteiger partial charge in [-0.1, -0.05) is 55.2 Å². The summed E-state index contributed by atoms with van der Waals surface area (Å²) in [7, 11) is 1.61. The highest BCUT2D eigenvalue weighted by atomic mass is 35.5. The van der Waals surface area contributed by atoms with Crippen molar-refractivity contribution in [1.82, 2.24) is 10.2 Å². The molecule has 0 heterocycles. The van der Waals surface area contributed by atoms with Crippen LogP contribution in [0.3, 0.4) is 0 Å². The van der Waals surface area contributed by atoms with Gasteiger partial charge in [0.25, 0.3) is 0 Å². The number of ether oxygens (including phenoxy) is 1. The van der Waals surface area contributed by atoms with Gasteiger partial charge in [0, 0.05) is 18.8 Å². The van der Waals surface area contributed by atoms with Crippen molar-refractivity contribution in [2.45, 2.75) is 45.0 Å². The van der Waals surface area contributed by atoms with Crippen LogP contribution in [0.15, 0.2) is 42.5 Å². The molecule has 0 bridgehead atoms. The van der Waals surface area contributed by atoms with Crippen LogP contribution in [0.2, 0.25) is 10.0 Å². The van der Waals surface area contributed by atoms with Crippen LogP contribution >= 0.6 is 35.0 Å². The van der Waals surface area contributed by atoms with Crippen LogP contribution in [0.4, 0.5) is 0 Å². The van der Waals surface area contributed by atoms with E-state index < -0.39 is 6.04 Å². The topological polar surface area (TPSA) is 58.6 Å². The van der Waals surface area contributed by atoms with E-state index >= 15 is 0 Å². The van der Waals surface area contributed by atoms with Gasteiger partial charge in [-0.05, 0) is 48.2 Å². The maximum atomic E-state index is 13.2. The number of hydrogen-bond donors (Lipinski definition) is 1. The second-order valence-electron chi connectivity index (χ2n) is 7.33. The minimum atomic E-state index is -0.526. The zero-order valence-electron chi connectivity index (χ0n) is 18.7. The lowest BCUT2D eigenvalue weighted by molar-refractivity contribution is -0.139. The minimum absolute atomic E-state index is 0.0793. The van der Waals surface area contributed by atoms with Crippen LogP contribution in [-0.4, -0.2) is 42.2 Å². The highest BCUT2D eigenvalue weighted by molar-refractivity contribution is 7.99. The quantitative estimate of drug-likeness (QED) is 0.417. The summed E-state index contributed by atoms with van der Waals surface area (Å²) in [4.78, 5) is 27.7. The first kappa shape index (κ1) is 26.4. The molecule has 8 heteroatoms. The Labute approximate surface area is 204 Å². The Balaban J connectivity index is 2.12. The standard InChI is InChI=1S/C24H30Cl2N2O3S/c1-4-12-27-24(30)22(5-2)28(14-17-6-9-19(31-3)10-7-17)23(29)16-32-15-18-8-11-20(25)21(26)13-18/h6-11,13,22H,4-5,12,14-16H2,1-3H3,(H,27,30). The highest BCUT2D eigenvalue weighted by Crippen LogP contribution is 2.25. The van der Waals surface area contributed by atoms with Gasteiger partial charge in [-0.2, -0.15) is 0 Å². The summed E-state index contributed by atoms with van der Waals surface area (Å²) >= 11 is 13.5. The molecule has 2 amide bonds. The van der Waals surface area contributed by atoms with Gasteiger partial charge in [-0.15, -0.1) is 11.8 Å². The van der Waals surface area contributed by atoms with E-state index in [2.05, 4.69) is 5.32 Å². The van der Waals surface area contributed by atoms with E-state index in [0.29, 0.717) is 35.3 Å². The van der Waals surface area contributed by atoms with Crippen LogP contribution in [0.1, 0.15) is 37.8 Å². The van der Waals surface area contributed by atoms with Crippen LogP contribution < -0.4 is 10.1 Å². The fraction of sp³-hybridized carbons (Fsp3) is 0.417. The number of benzene rings is 2. The number of nitrogens with one attached hydrogen (secondary N) is 1. The van der Waals surface area contributed by atoms with E-state index in [1.54, 1.807) is 18.1 Å². The van der Waals surface area contributed by atoms with Crippen LogP contribution in [-0.2, 0) is 21.9 Å². The predicted octanol–water partition coefficient (Wildman–Crippen LogP) is 5.57. The lowest BCUT2D eigenvalue weighted by Gasteiger charge is -2.30. The molecule has 0 aliphatic rings. The minimum Gasteiger partial charge on any atom is -0.497 e. The summed E-state index contributed by atoms with van der Waals surface area (Å²) in [5.41, 5.74) is 1.93. The molecule has 0 aliphatic heterocycles. The smallest absolute Gasteiger partial charge is 0.242 e. The average Bonchev–Trinajstić information content (AvgIpc) is 2.80. The van der Waals surface area contributed by atoms with Crippen molar-refractivity contribution < 1.29 is 14.3 Å². The number of halogens is 2. The van der Waals surface area contributed by atoms with Crippen molar-refractivity contribution in [3.63, 3.8) is 0 Å². The first-order valence-corrected chi connectivity index (χ1v) is 12.5. The SMILES string of the molecule is CCCNC(=O)C(CC)N(Cc1ccc(OC)cc1)C(=O)CSCc1ccc(Cl)c(Cl)c1. The molecule has 0 aromatic heterocycles. The van der Waals surface area contributed by atoms with Crippen molar-refractivity contribution in [3.05, 3.63) is 63.6 Å². The fourth-order valence-electron chi connectivity index (χ4n) is 3.18. The molecule has 2 rings (SSSR count). The molecule has 5 nitrogen and oxygen atoms in total. The van der Waals surface area contributed by atoms with Gasteiger partial charge < -0.3 is 15.0 Å². The zero-order valence-corrected chi connectivity index (χ0v) is 21.0. The van der Waals surface area contributed by atoms with Crippen LogP contribution in [0.25, 0.3) is 0 Å². The second-order valence-corrected chi connectivity index (χ2v) is 9.13. The number of nitrogens with zero attached hydrogens (tertiary/aromatic N) is 1. The first-order chi connectivity index (χ1) is 15.4. The summed E-state index contributed by atoms with van der Waals surface area (Å²) in [6.07, 6.45) is 1.38. The molecule has 0 saturated heterocycles. The van der Waals surface area contributed by atoms with E-state index in [0.717, 1.165) is 23.3 Å². The predicted molar refractivity (Wildman–Crippen MR) is 134 cm³/mol. The molecule has 1 N–H and O–H groups in total. The van der Waals surface area contributed by atoms with Gasteiger partial charge in [0.15, 0.2) is 0 Å². The molecule has 174 valence electrons. The van der Waals surface area contributed by atoms with Crippen molar-refractivity contribution >= 4 is 46.8 Å². The number of rotatable bonds is 12. The molecule has 0 fully saturated rings. The third-order valence-electron chi connectivity index (χ3n) is 4.93. The van der Waals surface area contributed by atoms with E-state index in [1.807, 2.05) is 50.2 Å². The lowest BCUT2D eigenvalue weighted by atomic mass is 10.1. The molecular formula is C24H30Cl2N2O3S. The number of carbonyl (C=O) groups excluding carboxylic acids is 2. The molecular weight excluding hydrogens is 467 g/mol. The Morgan fingerprint density at radius 3 is 2.34 bits per heavy atom. The maximum absolute atomic E-state index is 13.2. The molecule has 0 aliphatic carbocycles. The summed E-state index contributed by atoms with van der Waals surface area (Å²) in [5, 5.41) is 3.93. The van der Waals surface area contributed by atoms with Crippen molar-refractivity contribution in [1.29, 1.82) is 0 Å². The summed E-state index contributed by atoms with van der Waals surface area (Å²) < 4.78 is 5.22. The van der Waals surface area contributed by atoms with Gasteiger partial charge in [0.2, 0.25) is 11.8 Å². The van der Waals surface area contributed by atoms with Crippen LogP contribution in [0.5, 0.6) is 5.75 Å². The molecule has 0 radical (unpaired) electrons. The monoisotopic (exact) mass is 496 g/mol. The lowest BCUT2D eigenvalue weighted by Crippen LogP contribution is -2.49. The van der Waals surface area contributed by atoms with E-state index in [9.17, 15) is 9.59 Å². The molecule has 0 spiro atoms. The maximum Gasteiger partial charge on any atom is 0.242 e. The summed E-state index contributed by atoms with van der Waals surface area (Å²) in [6.45, 7) is 4.87. The normalized spacial score (nSPS) is 11.7. The first-order valence-electron chi connectivity index (χ1n) is 10.6. The second kappa shape index (κ2) is 13.6. The van der Waals surface area contributed by atoms with E-state index in [1.165, 1.54) is 11.8 Å². The number of hydrogen-bond acceptors (Lipinski definition) is 4. The third kappa shape index (κ3) is 7.91. The highest BCUT2D eigenvalue weighted by Gasteiger charge is 2.28. The number of methoxy groups -OCH3 is 1. The number of thioether (sulfide) groups is 1. The molecule has 2 aromatic carbocycles. The molecule has 1 atom stereocenters. The van der Waals surface area contributed by atoms with Crippen LogP contribution in [0, 0.1) is 0 Å². The zero-order chi connectivity index (χ0) is 23.5. The summed E-state index contributed by atoms with van der Waals surface area (Å²) in [6, 6.07) is 12.5. The number of amides is 2. The van der Waals surface area contributed by atoms with Gasteiger partial charge >= 0.3 is 0 Å².